The van der Waals surface area contributed by atoms with Crippen LogP contribution in [0.4, 0.5) is 0 Å². The number of hydrogen-bond acceptors (Lipinski definition) is 3. The molecule has 3 nitrogen and oxygen atoms in total. The van der Waals surface area contributed by atoms with Crippen LogP contribution in [0.3, 0.4) is 0 Å². The number of nitrogens with zero attached hydrogens (tertiary/aromatic N) is 2. The van der Waals surface area contributed by atoms with Crippen molar-refractivity contribution in [2.24, 2.45) is 0 Å². The zero-order valence-corrected chi connectivity index (χ0v) is 10.9. The lowest BCUT2D eigenvalue weighted by molar-refractivity contribution is -0.0256. The Kier molecular flexibility index (Phi) is 3.57. The molecule has 94 valence electrons. The molecule has 3 unspecified atom stereocenters. The number of hydrogen-bond donors (Lipinski definition) is 1. The summed E-state index contributed by atoms with van der Waals surface area (Å²) in [6.45, 7) is 10.8. The Morgan fingerprint density at radius 3 is 2.81 bits per heavy atom. The van der Waals surface area contributed by atoms with Gasteiger partial charge in [0, 0.05) is 31.7 Å². The molecule has 0 radical (unpaired) electrons. The first kappa shape index (κ1) is 12.3. The third kappa shape index (κ3) is 2.58. The summed E-state index contributed by atoms with van der Waals surface area (Å²) in [4.78, 5) is 5.11. The first-order chi connectivity index (χ1) is 7.52. The molecule has 3 atom stereocenters. The maximum atomic E-state index is 10.2. The summed E-state index contributed by atoms with van der Waals surface area (Å²) in [6.07, 6.45) is 3.54. The number of piperazine rings is 1. The van der Waals surface area contributed by atoms with E-state index in [4.69, 9.17) is 0 Å². The van der Waals surface area contributed by atoms with Crippen molar-refractivity contribution < 1.29 is 5.11 Å². The monoisotopic (exact) mass is 226 g/mol. The maximum absolute atomic E-state index is 10.2. The second-order valence-electron chi connectivity index (χ2n) is 5.92. The van der Waals surface area contributed by atoms with Gasteiger partial charge < -0.3 is 5.11 Å². The molecule has 2 saturated heterocycles. The molecule has 0 bridgehead atoms. The predicted octanol–water partition coefficient (Wildman–Crippen LogP) is 1.32. The zero-order valence-electron chi connectivity index (χ0n) is 10.9. The molecule has 2 aliphatic rings. The summed E-state index contributed by atoms with van der Waals surface area (Å²) in [6, 6.07) is 1.34. The first-order valence-electron chi connectivity index (χ1n) is 6.72. The van der Waals surface area contributed by atoms with Gasteiger partial charge in [-0.05, 0) is 39.7 Å². The van der Waals surface area contributed by atoms with Crippen molar-refractivity contribution in [2.75, 3.05) is 26.2 Å². The van der Waals surface area contributed by atoms with Crippen LogP contribution in [0.2, 0.25) is 0 Å². The quantitative estimate of drug-likeness (QED) is 0.786. The van der Waals surface area contributed by atoms with Gasteiger partial charge in [-0.1, -0.05) is 6.92 Å². The van der Waals surface area contributed by atoms with E-state index in [1.54, 1.807) is 0 Å². The number of β-amino-alcohol motifs (C(OH)–C–C–N with tert-alkyl or cyclic N) is 1. The molecule has 0 saturated carbocycles. The third-order valence-electron chi connectivity index (χ3n) is 4.37. The van der Waals surface area contributed by atoms with Gasteiger partial charge in [0.15, 0.2) is 0 Å². The van der Waals surface area contributed by atoms with E-state index in [1.165, 1.54) is 25.9 Å². The Morgan fingerprint density at radius 2 is 2.12 bits per heavy atom. The van der Waals surface area contributed by atoms with Gasteiger partial charge in [0.1, 0.15) is 0 Å². The van der Waals surface area contributed by atoms with Gasteiger partial charge in [0.2, 0.25) is 0 Å². The molecule has 0 aromatic rings. The van der Waals surface area contributed by atoms with Crippen molar-refractivity contribution in [3.05, 3.63) is 0 Å². The molecule has 3 heteroatoms. The van der Waals surface area contributed by atoms with E-state index in [1.807, 2.05) is 6.92 Å². The Bertz CT molecular complexity index is 242. The van der Waals surface area contributed by atoms with Crippen LogP contribution in [0.5, 0.6) is 0 Å². The van der Waals surface area contributed by atoms with Crippen LogP contribution in [0.25, 0.3) is 0 Å². The van der Waals surface area contributed by atoms with Gasteiger partial charge in [0.05, 0.1) is 5.60 Å². The SMILES string of the molecule is CCC(C)(O)CN1CC2CCCN2CC1C. The van der Waals surface area contributed by atoms with E-state index in [0.717, 1.165) is 25.6 Å². The van der Waals surface area contributed by atoms with E-state index in [-0.39, 0.29) is 0 Å². The fourth-order valence-electron chi connectivity index (χ4n) is 3.02. The van der Waals surface area contributed by atoms with Crippen LogP contribution < -0.4 is 0 Å². The Labute approximate surface area is 99.4 Å². The lowest BCUT2D eigenvalue weighted by Gasteiger charge is -2.44. The second-order valence-corrected chi connectivity index (χ2v) is 5.92. The van der Waals surface area contributed by atoms with Crippen molar-refractivity contribution in [3.63, 3.8) is 0 Å². The van der Waals surface area contributed by atoms with Gasteiger partial charge in [-0.25, -0.2) is 0 Å². The summed E-state index contributed by atoms with van der Waals surface area (Å²) >= 11 is 0. The van der Waals surface area contributed by atoms with E-state index in [0.29, 0.717) is 6.04 Å². The topological polar surface area (TPSA) is 26.7 Å². The third-order valence-corrected chi connectivity index (χ3v) is 4.37. The van der Waals surface area contributed by atoms with Gasteiger partial charge >= 0.3 is 0 Å². The maximum Gasteiger partial charge on any atom is 0.0743 e. The zero-order chi connectivity index (χ0) is 11.8. The minimum atomic E-state index is -0.519. The fourth-order valence-corrected chi connectivity index (χ4v) is 3.02. The van der Waals surface area contributed by atoms with E-state index >= 15 is 0 Å². The molecule has 0 spiro atoms. The minimum absolute atomic E-state index is 0.519. The number of fused-ring (bicyclic) bond motifs is 1. The largest absolute Gasteiger partial charge is 0.389 e. The predicted molar refractivity (Wildman–Crippen MR) is 66.5 cm³/mol. The molecule has 0 aliphatic carbocycles. The molecule has 0 aromatic carbocycles. The summed E-state index contributed by atoms with van der Waals surface area (Å²) in [5, 5.41) is 10.2. The number of aliphatic hydroxyl groups is 1. The smallest absolute Gasteiger partial charge is 0.0743 e. The standard InChI is InChI=1S/C13H26N2O/c1-4-13(3,16)10-15-9-12-6-5-7-14(12)8-11(15)2/h11-12,16H,4-10H2,1-3H3. The summed E-state index contributed by atoms with van der Waals surface area (Å²) in [7, 11) is 0. The van der Waals surface area contributed by atoms with Crippen LogP contribution in [0, 0.1) is 0 Å². The van der Waals surface area contributed by atoms with Crippen molar-refractivity contribution in [3.8, 4) is 0 Å². The van der Waals surface area contributed by atoms with Gasteiger partial charge in [0.25, 0.3) is 0 Å². The molecule has 0 aromatic heterocycles. The van der Waals surface area contributed by atoms with Crippen LogP contribution in [-0.2, 0) is 0 Å². The van der Waals surface area contributed by atoms with E-state index in [2.05, 4.69) is 23.6 Å². The minimum Gasteiger partial charge on any atom is -0.389 e. The molecule has 1 N–H and O–H groups in total. The molecule has 16 heavy (non-hydrogen) atoms. The first-order valence-corrected chi connectivity index (χ1v) is 6.72. The summed E-state index contributed by atoms with van der Waals surface area (Å²) < 4.78 is 0. The highest BCUT2D eigenvalue weighted by molar-refractivity contribution is 4.92. The number of rotatable bonds is 3. The van der Waals surface area contributed by atoms with E-state index < -0.39 is 5.60 Å². The highest BCUT2D eigenvalue weighted by Crippen LogP contribution is 2.26. The molecule has 2 heterocycles. The second kappa shape index (κ2) is 4.63. The van der Waals surface area contributed by atoms with Crippen LogP contribution in [-0.4, -0.2) is 58.8 Å². The summed E-state index contributed by atoms with van der Waals surface area (Å²) in [5.41, 5.74) is -0.519. The van der Waals surface area contributed by atoms with Gasteiger partial charge in [-0.2, -0.15) is 0 Å². The van der Waals surface area contributed by atoms with Crippen molar-refractivity contribution >= 4 is 0 Å². The van der Waals surface area contributed by atoms with E-state index in [9.17, 15) is 5.11 Å². The molecular formula is C13H26N2O. The molecule has 2 aliphatic heterocycles. The molecule has 2 fully saturated rings. The Morgan fingerprint density at radius 1 is 1.38 bits per heavy atom. The highest BCUT2D eigenvalue weighted by atomic mass is 16.3. The highest BCUT2D eigenvalue weighted by Gasteiger charge is 2.36. The van der Waals surface area contributed by atoms with Gasteiger partial charge in [-0.3, -0.25) is 9.80 Å². The Hall–Kier alpha value is -0.120. The van der Waals surface area contributed by atoms with Crippen molar-refractivity contribution in [1.29, 1.82) is 0 Å². The van der Waals surface area contributed by atoms with Crippen LogP contribution in [0.1, 0.15) is 40.0 Å². The molecular weight excluding hydrogens is 200 g/mol. The van der Waals surface area contributed by atoms with Crippen molar-refractivity contribution in [1.82, 2.24) is 9.80 Å². The van der Waals surface area contributed by atoms with Crippen LogP contribution >= 0.6 is 0 Å². The van der Waals surface area contributed by atoms with Crippen molar-refractivity contribution in [2.45, 2.75) is 57.7 Å². The molecule has 2 rings (SSSR count). The lowest BCUT2D eigenvalue weighted by Crippen LogP contribution is -2.58. The summed E-state index contributed by atoms with van der Waals surface area (Å²) in [5.74, 6) is 0. The fraction of sp³-hybridized carbons (Fsp3) is 1.00. The van der Waals surface area contributed by atoms with Crippen LogP contribution in [0.15, 0.2) is 0 Å². The average Bonchev–Trinajstić information content (AvgIpc) is 2.65. The van der Waals surface area contributed by atoms with Gasteiger partial charge in [-0.15, -0.1) is 0 Å². The lowest BCUT2D eigenvalue weighted by atomic mass is 10.00. The normalized spacial score (nSPS) is 36.0. The molecule has 0 amide bonds. The average molecular weight is 226 g/mol. The Balaban J connectivity index is 1.94.